The van der Waals surface area contributed by atoms with E-state index >= 15 is 0 Å². The molecule has 5 heteroatoms. The summed E-state index contributed by atoms with van der Waals surface area (Å²) in [4.78, 5) is 12.1. The highest BCUT2D eigenvalue weighted by Gasteiger charge is 2.07. The van der Waals surface area contributed by atoms with Gasteiger partial charge >= 0.3 is 0 Å². The predicted octanol–water partition coefficient (Wildman–Crippen LogP) is 4.34. The van der Waals surface area contributed by atoms with Crippen LogP contribution < -0.4 is 5.32 Å². The summed E-state index contributed by atoms with van der Waals surface area (Å²) in [7, 11) is 0. The first-order chi connectivity index (χ1) is 11.0. The lowest BCUT2D eigenvalue weighted by molar-refractivity contribution is -0.116. The highest BCUT2D eigenvalue weighted by atomic mass is 35.5. The average Bonchev–Trinajstić information content (AvgIpc) is 2.86. The van der Waals surface area contributed by atoms with E-state index in [1.165, 1.54) is 0 Å². The van der Waals surface area contributed by atoms with Crippen LogP contribution in [0, 0.1) is 13.8 Å². The van der Waals surface area contributed by atoms with Crippen LogP contribution in [0.1, 0.15) is 17.5 Å². The monoisotopic (exact) mass is 327 g/mol. The molecule has 0 aliphatic carbocycles. The van der Waals surface area contributed by atoms with Gasteiger partial charge in [-0.3, -0.25) is 9.48 Å². The summed E-state index contributed by atoms with van der Waals surface area (Å²) in [5, 5.41) is 8.93. The molecule has 23 heavy (non-hydrogen) atoms. The number of halogens is 1. The molecule has 3 aromatic rings. The molecule has 0 aliphatic heterocycles. The maximum Gasteiger partial charge on any atom is 0.226 e. The molecule has 0 aliphatic rings. The van der Waals surface area contributed by atoms with E-state index in [0.717, 1.165) is 27.7 Å². The van der Waals surface area contributed by atoms with Crippen LogP contribution in [0.3, 0.4) is 0 Å². The van der Waals surface area contributed by atoms with Gasteiger partial charge in [0.05, 0.1) is 18.3 Å². The Bertz CT molecular complexity index is 850. The van der Waals surface area contributed by atoms with Crippen LogP contribution in [0.4, 0.5) is 5.69 Å². The van der Waals surface area contributed by atoms with Crippen LogP contribution in [-0.2, 0) is 11.3 Å². The maximum absolute atomic E-state index is 12.1. The lowest BCUT2D eigenvalue weighted by Gasteiger charge is -2.08. The fraction of sp³-hybridized carbons (Fsp3) is 0.222. The van der Waals surface area contributed by atoms with Gasteiger partial charge in [-0.1, -0.05) is 17.7 Å². The topological polar surface area (TPSA) is 46.9 Å². The Hall–Kier alpha value is -2.33. The second kappa shape index (κ2) is 6.42. The molecular weight excluding hydrogens is 310 g/mol. The second-order valence-electron chi connectivity index (χ2n) is 5.75. The minimum Gasteiger partial charge on any atom is -0.326 e. The SMILES string of the molecule is Cc1cc(C)cc(NC(=O)CCn2ncc3cc(Cl)ccc32)c1. The second-order valence-corrected chi connectivity index (χ2v) is 6.18. The summed E-state index contributed by atoms with van der Waals surface area (Å²) in [5.41, 5.74) is 4.09. The van der Waals surface area contributed by atoms with Crippen molar-refractivity contribution < 1.29 is 4.79 Å². The minimum absolute atomic E-state index is 0.0207. The lowest BCUT2D eigenvalue weighted by atomic mass is 10.1. The molecular formula is C18H18ClN3O. The van der Waals surface area contributed by atoms with Crippen LogP contribution in [-0.4, -0.2) is 15.7 Å². The third-order valence-corrected chi connectivity index (χ3v) is 3.90. The number of carbonyl (C=O) groups excluding carboxylic acids is 1. The molecule has 1 N–H and O–H groups in total. The Kier molecular flexibility index (Phi) is 4.35. The zero-order valence-electron chi connectivity index (χ0n) is 13.1. The van der Waals surface area contributed by atoms with Crippen molar-refractivity contribution in [2.45, 2.75) is 26.8 Å². The highest BCUT2D eigenvalue weighted by Crippen LogP contribution is 2.19. The Morgan fingerprint density at radius 1 is 1.17 bits per heavy atom. The Morgan fingerprint density at radius 2 is 1.91 bits per heavy atom. The number of amides is 1. The molecule has 0 atom stereocenters. The predicted molar refractivity (Wildman–Crippen MR) is 93.9 cm³/mol. The summed E-state index contributed by atoms with van der Waals surface area (Å²) in [5.74, 6) is -0.0207. The smallest absolute Gasteiger partial charge is 0.226 e. The van der Waals surface area contributed by atoms with E-state index in [2.05, 4.69) is 16.5 Å². The van der Waals surface area contributed by atoms with E-state index in [-0.39, 0.29) is 5.91 Å². The average molecular weight is 328 g/mol. The number of aryl methyl sites for hydroxylation is 3. The molecule has 0 radical (unpaired) electrons. The number of fused-ring (bicyclic) bond motifs is 1. The van der Waals surface area contributed by atoms with Crippen molar-refractivity contribution in [1.29, 1.82) is 0 Å². The van der Waals surface area contributed by atoms with Gasteiger partial charge in [0, 0.05) is 22.5 Å². The molecule has 1 heterocycles. The lowest BCUT2D eigenvalue weighted by Crippen LogP contribution is -2.15. The van der Waals surface area contributed by atoms with Crippen molar-refractivity contribution in [3.8, 4) is 0 Å². The van der Waals surface area contributed by atoms with Crippen LogP contribution >= 0.6 is 11.6 Å². The third-order valence-electron chi connectivity index (χ3n) is 3.66. The van der Waals surface area contributed by atoms with Gasteiger partial charge in [0.15, 0.2) is 0 Å². The van der Waals surface area contributed by atoms with Crippen LogP contribution in [0.5, 0.6) is 0 Å². The molecule has 0 spiro atoms. The van der Waals surface area contributed by atoms with E-state index in [0.29, 0.717) is 18.0 Å². The standard InChI is InChI=1S/C18H18ClN3O/c1-12-7-13(2)9-16(8-12)21-18(23)5-6-22-17-4-3-15(19)10-14(17)11-20-22/h3-4,7-11H,5-6H2,1-2H3,(H,21,23). The van der Waals surface area contributed by atoms with Crippen molar-refractivity contribution in [2.75, 3.05) is 5.32 Å². The van der Waals surface area contributed by atoms with Crippen molar-refractivity contribution in [1.82, 2.24) is 9.78 Å². The molecule has 0 unspecified atom stereocenters. The van der Waals surface area contributed by atoms with Gasteiger partial charge < -0.3 is 5.32 Å². The fourth-order valence-corrected chi connectivity index (χ4v) is 2.89. The normalized spacial score (nSPS) is 10.9. The zero-order chi connectivity index (χ0) is 16.4. The molecule has 0 bridgehead atoms. The largest absolute Gasteiger partial charge is 0.326 e. The van der Waals surface area contributed by atoms with E-state index in [1.807, 2.05) is 48.9 Å². The molecule has 118 valence electrons. The van der Waals surface area contributed by atoms with E-state index < -0.39 is 0 Å². The van der Waals surface area contributed by atoms with Crippen molar-refractivity contribution in [3.63, 3.8) is 0 Å². The van der Waals surface area contributed by atoms with Gasteiger partial charge in [0.2, 0.25) is 5.91 Å². The first kappa shape index (κ1) is 15.6. The van der Waals surface area contributed by atoms with Gasteiger partial charge in [-0.25, -0.2) is 0 Å². The molecule has 3 rings (SSSR count). The van der Waals surface area contributed by atoms with E-state index in [9.17, 15) is 4.79 Å². The first-order valence-corrected chi connectivity index (χ1v) is 7.88. The number of benzene rings is 2. The quantitative estimate of drug-likeness (QED) is 0.775. The summed E-state index contributed by atoms with van der Waals surface area (Å²) in [6.45, 7) is 4.56. The van der Waals surface area contributed by atoms with E-state index in [4.69, 9.17) is 11.6 Å². The Labute approximate surface area is 140 Å². The van der Waals surface area contributed by atoms with Crippen LogP contribution in [0.15, 0.2) is 42.6 Å². The summed E-state index contributed by atoms with van der Waals surface area (Å²) >= 11 is 5.97. The van der Waals surface area contributed by atoms with Gasteiger partial charge in [0.1, 0.15) is 0 Å². The van der Waals surface area contributed by atoms with Gasteiger partial charge in [-0.2, -0.15) is 5.10 Å². The van der Waals surface area contributed by atoms with Gasteiger partial charge in [0.25, 0.3) is 0 Å². The number of hydrogen-bond donors (Lipinski definition) is 1. The Morgan fingerprint density at radius 3 is 2.65 bits per heavy atom. The van der Waals surface area contributed by atoms with Gasteiger partial charge in [-0.15, -0.1) is 0 Å². The van der Waals surface area contributed by atoms with Gasteiger partial charge in [-0.05, 0) is 55.3 Å². The number of rotatable bonds is 4. The molecule has 2 aromatic carbocycles. The number of nitrogens with one attached hydrogen (secondary N) is 1. The number of anilines is 1. The summed E-state index contributed by atoms with van der Waals surface area (Å²) < 4.78 is 1.83. The number of aromatic nitrogens is 2. The number of nitrogens with zero attached hydrogens (tertiary/aromatic N) is 2. The summed E-state index contributed by atoms with van der Waals surface area (Å²) in [6.07, 6.45) is 2.13. The Balaban J connectivity index is 1.66. The highest BCUT2D eigenvalue weighted by molar-refractivity contribution is 6.31. The molecule has 1 amide bonds. The molecule has 0 saturated heterocycles. The molecule has 0 fully saturated rings. The minimum atomic E-state index is -0.0207. The van der Waals surface area contributed by atoms with Crippen molar-refractivity contribution in [2.24, 2.45) is 0 Å². The molecule has 1 aromatic heterocycles. The third kappa shape index (κ3) is 3.71. The van der Waals surface area contributed by atoms with Crippen LogP contribution in [0.2, 0.25) is 5.02 Å². The van der Waals surface area contributed by atoms with Crippen LogP contribution in [0.25, 0.3) is 10.9 Å². The molecule has 4 nitrogen and oxygen atoms in total. The summed E-state index contributed by atoms with van der Waals surface area (Å²) in [6, 6.07) is 11.6. The zero-order valence-corrected chi connectivity index (χ0v) is 13.9. The number of carbonyl (C=O) groups is 1. The first-order valence-electron chi connectivity index (χ1n) is 7.50. The van der Waals surface area contributed by atoms with Crippen molar-refractivity contribution >= 4 is 34.1 Å². The maximum atomic E-state index is 12.1. The van der Waals surface area contributed by atoms with Crippen molar-refractivity contribution in [3.05, 3.63) is 58.7 Å². The molecule has 0 saturated carbocycles. The number of hydrogen-bond acceptors (Lipinski definition) is 2. The fourth-order valence-electron chi connectivity index (χ4n) is 2.71. The van der Waals surface area contributed by atoms with E-state index in [1.54, 1.807) is 6.20 Å².